The normalized spacial score (nSPS) is 10.1. The van der Waals surface area contributed by atoms with E-state index in [1.807, 2.05) is 12.2 Å². The number of carbonyl (C=O) groups is 1. The molecule has 0 atom stereocenters. The summed E-state index contributed by atoms with van der Waals surface area (Å²) < 4.78 is 0.811. The van der Waals surface area contributed by atoms with Crippen LogP contribution in [0.5, 0.6) is 5.75 Å². The highest BCUT2D eigenvalue weighted by Gasteiger charge is 2.17. The van der Waals surface area contributed by atoms with Crippen LogP contribution in [0.2, 0.25) is 0 Å². The Morgan fingerprint density at radius 1 is 1.30 bits per heavy atom. The van der Waals surface area contributed by atoms with Gasteiger partial charge in [0.2, 0.25) is 0 Å². The third kappa shape index (κ3) is 5.72. The number of fused-ring (bicyclic) bond motifs is 1. The highest BCUT2D eigenvalue weighted by molar-refractivity contribution is 7.23. The van der Waals surface area contributed by atoms with Crippen molar-refractivity contribution in [2.45, 2.75) is 13.3 Å². The second-order valence-corrected chi connectivity index (χ2v) is 6.71. The quantitative estimate of drug-likeness (QED) is 0.542. The first-order valence-corrected chi connectivity index (χ1v) is 9.17. The summed E-state index contributed by atoms with van der Waals surface area (Å²) in [5, 5.41) is 14.1. The molecule has 1 aromatic heterocycles. The van der Waals surface area contributed by atoms with E-state index in [0.717, 1.165) is 27.7 Å². The van der Waals surface area contributed by atoms with Gasteiger partial charge in [0, 0.05) is 22.7 Å². The van der Waals surface area contributed by atoms with E-state index >= 15 is 0 Å². The highest BCUT2D eigenvalue weighted by atomic mass is 32.1. The van der Waals surface area contributed by atoms with E-state index in [1.54, 1.807) is 25.3 Å². The zero-order chi connectivity index (χ0) is 20.6. The number of hydrogen-bond acceptors (Lipinski definition) is 4. The van der Waals surface area contributed by atoms with Crippen molar-refractivity contribution in [1.82, 2.24) is 0 Å². The number of nitrogens with one attached hydrogen (secondary N) is 1. The van der Waals surface area contributed by atoms with E-state index in [0.29, 0.717) is 16.1 Å². The number of phenolic OH excluding ortho intramolecular Hbond substituents is 1. The number of phenols is 1. The number of anilines is 1. The van der Waals surface area contributed by atoms with Crippen molar-refractivity contribution in [3.8, 4) is 5.75 Å². The van der Waals surface area contributed by atoms with Gasteiger partial charge in [-0.3, -0.25) is 4.79 Å². The molecule has 0 radical (unpaired) electrons. The van der Waals surface area contributed by atoms with Crippen molar-refractivity contribution in [2.75, 3.05) is 12.4 Å². The summed E-state index contributed by atoms with van der Waals surface area (Å²) in [4.78, 5) is 11.4. The molecule has 5 heteroatoms. The summed E-state index contributed by atoms with van der Waals surface area (Å²) in [6.07, 6.45) is 8.12. The number of rotatable bonds is 7. The number of primary amides is 1. The third-order valence-corrected chi connectivity index (χ3v) is 4.95. The van der Waals surface area contributed by atoms with Crippen LogP contribution in [0.1, 0.15) is 29.3 Å². The SMILES string of the molecule is C=CC(=C)/C=C\C(=C)CC.C=Cc1cc2c(C(N)=O)c(NC)sc2cc1O. The highest BCUT2D eigenvalue weighted by Crippen LogP contribution is 2.38. The molecular formula is C22H26N2O2S. The molecule has 0 aliphatic carbocycles. The van der Waals surface area contributed by atoms with Gasteiger partial charge in [0.05, 0.1) is 5.56 Å². The number of aromatic hydroxyl groups is 1. The topological polar surface area (TPSA) is 75.4 Å². The number of hydrogen-bond donors (Lipinski definition) is 3. The molecule has 2 aromatic rings. The van der Waals surface area contributed by atoms with Gasteiger partial charge in [-0.05, 0) is 24.1 Å². The Balaban J connectivity index is 0.000000314. The van der Waals surface area contributed by atoms with Gasteiger partial charge in [-0.15, -0.1) is 11.3 Å². The molecule has 4 nitrogen and oxygen atoms in total. The Morgan fingerprint density at radius 2 is 1.96 bits per heavy atom. The van der Waals surface area contributed by atoms with Crippen molar-refractivity contribution < 1.29 is 9.90 Å². The molecule has 0 unspecified atom stereocenters. The van der Waals surface area contributed by atoms with Crippen LogP contribution in [-0.4, -0.2) is 18.1 Å². The number of thiophene rings is 1. The maximum atomic E-state index is 11.4. The van der Waals surface area contributed by atoms with E-state index in [-0.39, 0.29) is 5.75 Å². The predicted octanol–water partition coefficient (Wildman–Crippen LogP) is 5.64. The molecule has 142 valence electrons. The summed E-state index contributed by atoms with van der Waals surface area (Å²) in [7, 11) is 1.73. The minimum atomic E-state index is -0.485. The van der Waals surface area contributed by atoms with Gasteiger partial charge < -0.3 is 16.2 Å². The fraction of sp³-hybridized carbons (Fsp3) is 0.136. The zero-order valence-corrected chi connectivity index (χ0v) is 16.7. The third-order valence-electron chi connectivity index (χ3n) is 3.78. The smallest absolute Gasteiger partial charge is 0.252 e. The van der Waals surface area contributed by atoms with Gasteiger partial charge in [0.25, 0.3) is 5.91 Å². The minimum Gasteiger partial charge on any atom is -0.507 e. The van der Waals surface area contributed by atoms with E-state index < -0.39 is 5.91 Å². The lowest BCUT2D eigenvalue weighted by Gasteiger charge is -2.01. The fourth-order valence-corrected chi connectivity index (χ4v) is 3.22. The van der Waals surface area contributed by atoms with Crippen molar-refractivity contribution in [2.24, 2.45) is 5.73 Å². The molecule has 0 saturated heterocycles. The molecule has 2 rings (SSSR count). The van der Waals surface area contributed by atoms with Crippen LogP contribution in [0.3, 0.4) is 0 Å². The summed E-state index contributed by atoms with van der Waals surface area (Å²) in [6, 6.07) is 3.33. The van der Waals surface area contributed by atoms with Gasteiger partial charge in [0.1, 0.15) is 10.8 Å². The Hall–Kier alpha value is -3.05. The largest absolute Gasteiger partial charge is 0.507 e. The van der Waals surface area contributed by atoms with Gasteiger partial charge in [-0.1, -0.05) is 63.1 Å². The first-order chi connectivity index (χ1) is 12.8. The Morgan fingerprint density at radius 3 is 2.44 bits per heavy atom. The number of benzene rings is 1. The van der Waals surface area contributed by atoms with E-state index in [2.05, 4.69) is 38.6 Å². The zero-order valence-electron chi connectivity index (χ0n) is 15.8. The molecule has 0 spiro atoms. The Kier molecular flexibility index (Phi) is 8.30. The second kappa shape index (κ2) is 10.2. The lowest BCUT2D eigenvalue weighted by atomic mass is 10.1. The predicted molar refractivity (Wildman–Crippen MR) is 120 cm³/mol. The molecule has 0 aliphatic heterocycles. The van der Waals surface area contributed by atoms with Crippen LogP contribution in [0, 0.1) is 0 Å². The van der Waals surface area contributed by atoms with Crippen molar-refractivity contribution in [3.63, 3.8) is 0 Å². The number of nitrogens with two attached hydrogens (primary N) is 1. The molecule has 1 aromatic carbocycles. The van der Waals surface area contributed by atoms with Crippen molar-refractivity contribution >= 4 is 38.4 Å². The molecule has 0 aliphatic rings. The minimum absolute atomic E-state index is 0.146. The van der Waals surface area contributed by atoms with Crippen LogP contribution in [0.4, 0.5) is 5.00 Å². The van der Waals surface area contributed by atoms with Gasteiger partial charge >= 0.3 is 0 Å². The molecular weight excluding hydrogens is 356 g/mol. The molecule has 1 heterocycles. The number of allylic oxidation sites excluding steroid dienone is 5. The average Bonchev–Trinajstić information content (AvgIpc) is 3.02. The van der Waals surface area contributed by atoms with Crippen LogP contribution in [-0.2, 0) is 0 Å². The van der Waals surface area contributed by atoms with Gasteiger partial charge in [0.15, 0.2) is 0 Å². The fourth-order valence-electron chi connectivity index (χ4n) is 2.14. The first kappa shape index (κ1) is 22.0. The van der Waals surface area contributed by atoms with Crippen LogP contribution >= 0.6 is 11.3 Å². The summed E-state index contributed by atoms with van der Waals surface area (Å²) >= 11 is 1.38. The molecule has 27 heavy (non-hydrogen) atoms. The van der Waals surface area contributed by atoms with Gasteiger partial charge in [-0.2, -0.15) is 0 Å². The van der Waals surface area contributed by atoms with Crippen molar-refractivity contribution in [3.05, 3.63) is 78.9 Å². The standard InChI is InChI=1S/C12H12N2O2S.C10H14/c1-3-6-4-7-9(5-8(6)15)17-12(14-2)10(7)11(13)16;1-5-9(3)7-8-10(4)6-2/h3-5,14-15H,1H2,2H3,(H2,13,16);5,7-8H,1,3-4,6H2,2H3/b;8-7-. The number of amides is 1. The monoisotopic (exact) mass is 382 g/mol. The molecule has 0 saturated carbocycles. The van der Waals surface area contributed by atoms with Crippen LogP contribution < -0.4 is 11.1 Å². The Labute approximate surface area is 164 Å². The van der Waals surface area contributed by atoms with E-state index in [1.165, 1.54) is 17.4 Å². The lowest BCUT2D eigenvalue weighted by molar-refractivity contribution is 0.100. The Bertz CT molecular complexity index is 920. The average molecular weight is 383 g/mol. The first-order valence-electron chi connectivity index (χ1n) is 8.35. The molecule has 0 bridgehead atoms. The van der Waals surface area contributed by atoms with Crippen molar-refractivity contribution in [1.29, 1.82) is 0 Å². The maximum Gasteiger partial charge on any atom is 0.252 e. The summed E-state index contributed by atoms with van der Waals surface area (Å²) in [5.41, 5.74) is 8.45. The molecule has 4 N–H and O–H groups in total. The van der Waals surface area contributed by atoms with E-state index in [4.69, 9.17) is 5.73 Å². The second-order valence-electron chi connectivity index (χ2n) is 5.66. The van der Waals surface area contributed by atoms with E-state index in [9.17, 15) is 9.90 Å². The van der Waals surface area contributed by atoms with Crippen LogP contribution in [0.15, 0.2) is 67.8 Å². The van der Waals surface area contributed by atoms with Gasteiger partial charge in [-0.25, -0.2) is 0 Å². The summed E-state index contributed by atoms with van der Waals surface area (Å²) in [5.74, 6) is -0.339. The summed E-state index contributed by atoms with van der Waals surface area (Å²) in [6.45, 7) is 16.8. The number of carbonyl (C=O) groups excluding carboxylic acids is 1. The van der Waals surface area contributed by atoms with Crippen LogP contribution in [0.25, 0.3) is 16.2 Å². The maximum absolute atomic E-state index is 11.4. The molecule has 1 amide bonds. The molecule has 0 fully saturated rings. The lowest BCUT2D eigenvalue weighted by Crippen LogP contribution is -2.12.